The molecule has 0 bridgehead atoms. The molecule has 2 aromatic heterocycles. The number of carbonyl (C=O) groups excluding carboxylic acids is 1. The summed E-state index contributed by atoms with van der Waals surface area (Å²) in [5.74, 6) is 0.133. The molecule has 0 fully saturated rings. The minimum atomic E-state index is 0.133. The number of thiophene rings is 2. The molecule has 0 saturated heterocycles. The first-order valence-corrected chi connectivity index (χ1v) is 6.98. The smallest absolute Gasteiger partial charge is 0.195 e. The number of hydrogen-bond donors (Lipinski definition) is 0. The molecule has 78 valence electrons. The summed E-state index contributed by atoms with van der Waals surface area (Å²) in [7, 11) is 0. The van der Waals surface area contributed by atoms with Gasteiger partial charge in [0.2, 0.25) is 0 Å². The summed E-state index contributed by atoms with van der Waals surface area (Å²) in [4.78, 5) is 13.2. The summed E-state index contributed by atoms with van der Waals surface area (Å²) >= 11 is 6.57. The molecule has 0 saturated carbocycles. The molecule has 0 spiro atoms. The van der Waals surface area contributed by atoms with Gasteiger partial charge in [-0.2, -0.15) is 11.3 Å². The number of hydrogen-bond acceptors (Lipinski definition) is 3. The van der Waals surface area contributed by atoms with E-state index in [9.17, 15) is 4.79 Å². The maximum absolute atomic E-state index is 12.2. The predicted molar refractivity (Wildman–Crippen MR) is 69.2 cm³/mol. The number of rotatable bonds is 2. The summed E-state index contributed by atoms with van der Waals surface area (Å²) < 4.78 is 1.01. The zero-order valence-corrected chi connectivity index (χ0v) is 11.6. The van der Waals surface area contributed by atoms with E-state index < -0.39 is 0 Å². The number of carbonyl (C=O) groups is 1. The van der Waals surface area contributed by atoms with Crippen LogP contribution in [0.4, 0.5) is 0 Å². The highest BCUT2D eigenvalue weighted by atomic mass is 79.9. The average Bonchev–Trinajstić information content (AvgIpc) is 2.71. The SMILES string of the molecule is Cc1cscc1C(=O)c1cc(Br)sc1C. The standard InChI is InChI=1S/C11H9BrOS2/c1-6-4-14-5-9(6)11(13)8-3-10(12)15-7(8)2/h3-5H,1-2H3. The highest BCUT2D eigenvalue weighted by molar-refractivity contribution is 9.11. The van der Waals surface area contributed by atoms with Gasteiger partial charge in [-0.3, -0.25) is 4.79 Å². The lowest BCUT2D eigenvalue weighted by Crippen LogP contribution is -2.01. The van der Waals surface area contributed by atoms with E-state index in [4.69, 9.17) is 0 Å². The van der Waals surface area contributed by atoms with Crippen molar-refractivity contribution < 1.29 is 4.79 Å². The maximum atomic E-state index is 12.2. The van der Waals surface area contributed by atoms with Crippen LogP contribution in [0.2, 0.25) is 0 Å². The Balaban J connectivity index is 2.45. The Morgan fingerprint density at radius 1 is 1.27 bits per heavy atom. The van der Waals surface area contributed by atoms with Gasteiger partial charge in [-0.05, 0) is 46.8 Å². The maximum Gasteiger partial charge on any atom is 0.195 e. The van der Waals surface area contributed by atoms with Gasteiger partial charge in [0, 0.05) is 21.4 Å². The summed E-state index contributed by atoms with van der Waals surface area (Å²) in [6, 6.07) is 1.90. The molecule has 0 aromatic carbocycles. The van der Waals surface area contributed by atoms with E-state index in [2.05, 4.69) is 15.9 Å². The molecular formula is C11H9BrOS2. The first kappa shape index (κ1) is 11.0. The van der Waals surface area contributed by atoms with Crippen LogP contribution >= 0.6 is 38.6 Å². The largest absolute Gasteiger partial charge is 0.289 e. The predicted octanol–water partition coefficient (Wildman–Crippen LogP) is 4.42. The van der Waals surface area contributed by atoms with E-state index in [0.717, 1.165) is 25.4 Å². The van der Waals surface area contributed by atoms with Crippen molar-refractivity contribution in [3.8, 4) is 0 Å². The molecule has 0 aliphatic heterocycles. The van der Waals surface area contributed by atoms with Gasteiger partial charge in [0.15, 0.2) is 5.78 Å². The molecule has 0 unspecified atom stereocenters. The molecule has 1 nitrogen and oxygen atoms in total. The van der Waals surface area contributed by atoms with Crippen LogP contribution in [0.15, 0.2) is 20.6 Å². The topological polar surface area (TPSA) is 17.1 Å². The first-order chi connectivity index (χ1) is 7.09. The van der Waals surface area contributed by atoms with Crippen LogP contribution in [0.5, 0.6) is 0 Å². The molecule has 4 heteroatoms. The van der Waals surface area contributed by atoms with Gasteiger partial charge in [-0.15, -0.1) is 11.3 Å². The van der Waals surface area contributed by atoms with Crippen LogP contribution < -0.4 is 0 Å². The van der Waals surface area contributed by atoms with Crippen molar-refractivity contribution in [2.75, 3.05) is 0 Å². The Kier molecular flexibility index (Phi) is 3.09. The van der Waals surface area contributed by atoms with Crippen LogP contribution in [-0.4, -0.2) is 5.78 Å². The molecule has 15 heavy (non-hydrogen) atoms. The van der Waals surface area contributed by atoms with Crippen molar-refractivity contribution >= 4 is 44.4 Å². The molecule has 0 radical (unpaired) electrons. The van der Waals surface area contributed by atoms with E-state index in [1.165, 1.54) is 0 Å². The highest BCUT2D eigenvalue weighted by Gasteiger charge is 2.16. The Bertz CT molecular complexity index is 510. The third-order valence-corrected chi connectivity index (χ3v) is 4.65. The molecule has 2 rings (SSSR count). The fraction of sp³-hybridized carbons (Fsp3) is 0.182. The number of halogens is 1. The second-order valence-corrected chi connectivity index (χ2v) is 6.70. The van der Waals surface area contributed by atoms with Crippen LogP contribution in [-0.2, 0) is 0 Å². The summed E-state index contributed by atoms with van der Waals surface area (Å²) in [6.45, 7) is 3.95. The average molecular weight is 301 g/mol. The first-order valence-electron chi connectivity index (χ1n) is 4.43. The molecule has 0 aliphatic rings. The highest BCUT2D eigenvalue weighted by Crippen LogP contribution is 2.29. The molecule has 2 heterocycles. The van der Waals surface area contributed by atoms with Crippen LogP contribution in [0.1, 0.15) is 26.4 Å². The van der Waals surface area contributed by atoms with Crippen molar-refractivity contribution in [2.45, 2.75) is 13.8 Å². The fourth-order valence-electron chi connectivity index (χ4n) is 1.41. The monoisotopic (exact) mass is 300 g/mol. The molecule has 2 aromatic rings. The number of ketones is 1. The van der Waals surface area contributed by atoms with E-state index in [-0.39, 0.29) is 5.78 Å². The third kappa shape index (κ3) is 2.07. The van der Waals surface area contributed by atoms with E-state index in [1.54, 1.807) is 22.7 Å². The van der Waals surface area contributed by atoms with Gasteiger partial charge in [0.1, 0.15) is 0 Å². The van der Waals surface area contributed by atoms with Crippen LogP contribution in [0.25, 0.3) is 0 Å². The Morgan fingerprint density at radius 2 is 2.00 bits per heavy atom. The van der Waals surface area contributed by atoms with Gasteiger partial charge in [-0.1, -0.05) is 0 Å². The fourth-order valence-corrected chi connectivity index (χ4v) is 3.93. The van der Waals surface area contributed by atoms with E-state index in [1.807, 2.05) is 30.7 Å². The Hall–Kier alpha value is -0.450. The quantitative estimate of drug-likeness (QED) is 0.750. The van der Waals surface area contributed by atoms with Crippen molar-refractivity contribution in [1.29, 1.82) is 0 Å². The van der Waals surface area contributed by atoms with Crippen molar-refractivity contribution in [2.24, 2.45) is 0 Å². The molecule has 0 aliphatic carbocycles. The van der Waals surface area contributed by atoms with Crippen molar-refractivity contribution in [1.82, 2.24) is 0 Å². The lowest BCUT2D eigenvalue weighted by Gasteiger charge is -1.98. The van der Waals surface area contributed by atoms with Gasteiger partial charge < -0.3 is 0 Å². The van der Waals surface area contributed by atoms with Crippen LogP contribution in [0, 0.1) is 13.8 Å². The lowest BCUT2D eigenvalue weighted by molar-refractivity contribution is 0.103. The lowest BCUT2D eigenvalue weighted by atomic mass is 10.0. The minimum Gasteiger partial charge on any atom is -0.289 e. The summed E-state index contributed by atoms with van der Waals surface area (Å²) in [5, 5.41) is 3.92. The van der Waals surface area contributed by atoms with E-state index in [0.29, 0.717) is 0 Å². The second-order valence-electron chi connectivity index (χ2n) is 3.32. The molecular weight excluding hydrogens is 292 g/mol. The van der Waals surface area contributed by atoms with Gasteiger partial charge in [0.05, 0.1) is 3.79 Å². The molecule has 0 N–H and O–H groups in total. The van der Waals surface area contributed by atoms with Gasteiger partial charge in [-0.25, -0.2) is 0 Å². The third-order valence-electron chi connectivity index (χ3n) is 2.23. The minimum absolute atomic E-state index is 0.133. The normalized spacial score (nSPS) is 10.6. The molecule has 0 atom stereocenters. The zero-order chi connectivity index (χ0) is 11.0. The Morgan fingerprint density at radius 3 is 2.47 bits per heavy atom. The van der Waals surface area contributed by atoms with Crippen molar-refractivity contribution in [3.63, 3.8) is 0 Å². The second kappa shape index (κ2) is 4.20. The van der Waals surface area contributed by atoms with Crippen molar-refractivity contribution in [3.05, 3.63) is 42.2 Å². The number of aryl methyl sites for hydroxylation is 2. The zero-order valence-electron chi connectivity index (χ0n) is 8.33. The van der Waals surface area contributed by atoms with Gasteiger partial charge >= 0.3 is 0 Å². The summed E-state index contributed by atoms with van der Waals surface area (Å²) in [5.41, 5.74) is 2.70. The Labute approximate surface area is 105 Å². The van der Waals surface area contributed by atoms with Gasteiger partial charge in [0.25, 0.3) is 0 Å². The molecule has 0 amide bonds. The van der Waals surface area contributed by atoms with Crippen LogP contribution in [0.3, 0.4) is 0 Å². The van der Waals surface area contributed by atoms with E-state index >= 15 is 0 Å². The summed E-state index contributed by atoms with van der Waals surface area (Å²) in [6.07, 6.45) is 0.